The normalized spacial score (nSPS) is 0. The van der Waals surface area contributed by atoms with E-state index in [0.717, 1.165) is 0 Å². The second-order valence-corrected chi connectivity index (χ2v) is 0. The van der Waals surface area contributed by atoms with Crippen LogP contribution < -0.4 is 29.6 Å². The Bertz CT molecular complexity index is 6.85. The van der Waals surface area contributed by atoms with Crippen LogP contribution in [-0.2, 0) is 0 Å². The monoisotopic (exact) mass is 282 g/mol. The first-order chi connectivity index (χ1) is 0. The summed E-state index contributed by atoms with van der Waals surface area (Å²) in [4.78, 5) is 0. The van der Waals surface area contributed by atoms with Gasteiger partial charge < -0.3 is 16.4 Å². The molecule has 0 aromatic heterocycles. The number of rotatable bonds is 0. The molecule has 0 aromatic carbocycles. The van der Waals surface area contributed by atoms with E-state index in [2.05, 4.69) is 0 Å². The molecule has 0 fully saturated rings. The first kappa shape index (κ1) is 70.5. The molecule has 0 saturated carbocycles. The molecule has 0 spiro atoms. The SMILES string of the molecule is [Na+].[OH-].[OH-].[OH-].[Pb+2]. The smallest absolute Gasteiger partial charge is 0.870 e. The van der Waals surface area contributed by atoms with Crippen LogP contribution in [0.2, 0.25) is 0 Å². The van der Waals surface area contributed by atoms with Crippen LogP contribution in [0.15, 0.2) is 0 Å². The zero-order chi connectivity index (χ0) is 0. The second kappa shape index (κ2) is 41.2. The standard InChI is InChI=1S/Na.3H2O.Pb/h;3*1H2;/q+1;;;;+2/p-3. The molecule has 2 radical (unpaired) electrons. The zero-order valence-electron chi connectivity index (χ0n) is 2.84. The van der Waals surface area contributed by atoms with E-state index in [4.69, 9.17) is 0 Å². The third-order valence-corrected chi connectivity index (χ3v) is 0. The summed E-state index contributed by atoms with van der Waals surface area (Å²) in [6, 6.07) is 0. The van der Waals surface area contributed by atoms with Crippen LogP contribution >= 0.6 is 0 Å². The fraction of sp³-hybridized carbons (Fsp3) is 0. The van der Waals surface area contributed by atoms with Crippen LogP contribution in [-0.4, -0.2) is 43.7 Å². The van der Waals surface area contributed by atoms with E-state index in [9.17, 15) is 0 Å². The Hall–Kier alpha value is 1.80. The van der Waals surface area contributed by atoms with Gasteiger partial charge in [0.15, 0.2) is 0 Å². The maximum atomic E-state index is 0. The fourth-order valence-corrected chi connectivity index (χ4v) is 0. The summed E-state index contributed by atoms with van der Waals surface area (Å²) in [5, 5.41) is 0. The van der Waals surface area contributed by atoms with Crippen LogP contribution in [0.4, 0.5) is 0 Å². The summed E-state index contributed by atoms with van der Waals surface area (Å²) in [7, 11) is 0. The van der Waals surface area contributed by atoms with Crippen LogP contribution in [0.5, 0.6) is 0 Å². The van der Waals surface area contributed by atoms with Gasteiger partial charge in [-0.3, -0.25) is 0 Å². The van der Waals surface area contributed by atoms with E-state index in [-0.39, 0.29) is 73.3 Å². The molecule has 0 aliphatic rings. The Labute approximate surface area is 72.5 Å². The molecule has 0 unspecified atom stereocenters. The van der Waals surface area contributed by atoms with Gasteiger partial charge in [-0.15, -0.1) is 0 Å². The molecule has 26 valence electrons. The van der Waals surface area contributed by atoms with Crippen molar-refractivity contribution in [3.63, 3.8) is 0 Å². The van der Waals surface area contributed by atoms with Crippen molar-refractivity contribution in [2.45, 2.75) is 0 Å². The van der Waals surface area contributed by atoms with Crippen LogP contribution in [0.25, 0.3) is 0 Å². The van der Waals surface area contributed by atoms with Crippen LogP contribution in [0, 0.1) is 0 Å². The molecular weight excluding hydrogens is 278 g/mol. The van der Waals surface area contributed by atoms with Crippen LogP contribution in [0.3, 0.4) is 0 Å². The molecule has 0 rings (SSSR count). The second-order valence-electron chi connectivity index (χ2n) is 0. The van der Waals surface area contributed by atoms with Gasteiger partial charge in [0.05, 0.1) is 0 Å². The van der Waals surface area contributed by atoms with Gasteiger partial charge in [0.25, 0.3) is 0 Å². The van der Waals surface area contributed by atoms with Crippen molar-refractivity contribution in [2.75, 3.05) is 0 Å². The first-order valence-electron chi connectivity index (χ1n) is 0. The molecule has 5 heavy (non-hydrogen) atoms. The fourth-order valence-electron chi connectivity index (χ4n) is 0. The average Bonchev–Trinajstić information content (AvgIpc) is 0. The number of hydrogen-bond donors (Lipinski definition) is 0. The van der Waals surface area contributed by atoms with Crippen molar-refractivity contribution >= 4 is 27.3 Å². The first-order valence-corrected chi connectivity index (χ1v) is 0. The van der Waals surface area contributed by atoms with E-state index >= 15 is 0 Å². The summed E-state index contributed by atoms with van der Waals surface area (Å²) in [6.45, 7) is 0. The van der Waals surface area contributed by atoms with Gasteiger partial charge in [0.1, 0.15) is 0 Å². The zero-order valence-corrected chi connectivity index (χ0v) is 8.73. The molecule has 0 heterocycles. The molecule has 0 saturated heterocycles. The summed E-state index contributed by atoms with van der Waals surface area (Å²) < 4.78 is 0. The molecule has 0 amide bonds. The third kappa shape index (κ3) is 25.8. The molecule has 5 heteroatoms. The van der Waals surface area contributed by atoms with Gasteiger partial charge >= 0.3 is 56.9 Å². The Kier molecular flexibility index (Phi) is 581. The molecular formula is H3NaO3Pb. The van der Waals surface area contributed by atoms with Gasteiger partial charge in [0.2, 0.25) is 0 Å². The van der Waals surface area contributed by atoms with Gasteiger partial charge in [-0.2, -0.15) is 0 Å². The third-order valence-electron chi connectivity index (χ3n) is 0. The van der Waals surface area contributed by atoms with Gasteiger partial charge in [-0.05, 0) is 0 Å². The minimum Gasteiger partial charge on any atom is -0.870 e. The number of hydrogen-bond acceptors (Lipinski definition) is 3. The maximum absolute atomic E-state index is 0. The maximum Gasteiger partial charge on any atom is 2.00 e. The van der Waals surface area contributed by atoms with Gasteiger partial charge in [-0.1, -0.05) is 0 Å². The van der Waals surface area contributed by atoms with Crippen molar-refractivity contribution in [2.24, 2.45) is 0 Å². The minimum atomic E-state index is 0. The van der Waals surface area contributed by atoms with Crippen molar-refractivity contribution < 1.29 is 46.0 Å². The van der Waals surface area contributed by atoms with E-state index in [0.29, 0.717) is 0 Å². The summed E-state index contributed by atoms with van der Waals surface area (Å²) in [5.41, 5.74) is 0. The Morgan fingerprint density at radius 1 is 0.600 bits per heavy atom. The Balaban J connectivity index is 0. The van der Waals surface area contributed by atoms with Crippen LogP contribution in [0.1, 0.15) is 0 Å². The van der Waals surface area contributed by atoms with Crippen molar-refractivity contribution in [1.29, 1.82) is 0 Å². The average molecular weight is 281 g/mol. The predicted molar refractivity (Wildman–Crippen MR) is 11.6 cm³/mol. The Morgan fingerprint density at radius 3 is 0.600 bits per heavy atom. The van der Waals surface area contributed by atoms with E-state index in [1.165, 1.54) is 0 Å². The molecule has 0 aliphatic carbocycles. The molecule has 0 aliphatic heterocycles. The van der Waals surface area contributed by atoms with E-state index in [1.54, 1.807) is 0 Å². The topological polar surface area (TPSA) is 90.0 Å². The van der Waals surface area contributed by atoms with Gasteiger partial charge in [-0.25, -0.2) is 0 Å². The van der Waals surface area contributed by atoms with Crippen molar-refractivity contribution in [1.82, 2.24) is 0 Å². The predicted octanol–water partition coefficient (Wildman–Crippen LogP) is -3.91. The molecule has 3 nitrogen and oxygen atoms in total. The minimum absolute atomic E-state index is 0. The Morgan fingerprint density at radius 2 is 0.600 bits per heavy atom. The van der Waals surface area contributed by atoms with E-state index in [1.807, 2.05) is 0 Å². The quantitative estimate of drug-likeness (QED) is 0.425. The van der Waals surface area contributed by atoms with Crippen molar-refractivity contribution in [3.05, 3.63) is 0 Å². The summed E-state index contributed by atoms with van der Waals surface area (Å²) in [5.74, 6) is 0. The summed E-state index contributed by atoms with van der Waals surface area (Å²) >= 11 is 0. The summed E-state index contributed by atoms with van der Waals surface area (Å²) in [6.07, 6.45) is 0. The van der Waals surface area contributed by atoms with Crippen molar-refractivity contribution in [3.8, 4) is 0 Å². The molecule has 3 N–H and O–H groups in total. The molecule has 0 bridgehead atoms. The molecule has 0 aromatic rings. The largest absolute Gasteiger partial charge is 2.00 e. The van der Waals surface area contributed by atoms with E-state index < -0.39 is 0 Å². The molecule has 0 atom stereocenters. The van der Waals surface area contributed by atoms with Gasteiger partial charge in [0, 0.05) is 0 Å².